The van der Waals surface area contributed by atoms with E-state index in [9.17, 15) is 0 Å². The highest BCUT2D eigenvalue weighted by molar-refractivity contribution is 7.13. The van der Waals surface area contributed by atoms with E-state index in [-0.39, 0.29) is 6.10 Å². The first kappa shape index (κ1) is 15.0. The quantitative estimate of drug-likeness (QED) is 0.491. The van der Waals surface area contributed by atoms with Gasteiger partial charge >= 0.3 is 0 Å². The van der Waals surface area contributed by atoms with Crippen LogP contribution in [0.3, 0.4) is 0 Å². The number of imidazole rings is 1. The van der Waals surface area contributed by atoms with Crippen LogP contribution >= 0.6 is 11.3 Å². The number of nitrogens with zero attached hydrogens (tertiary/aromatic N) is 2. The standard InChI is InChI=1S/C20H18N2OS/c1-14(2)23-17-7-5-15(6-8-17)16-9-10-22-18(13-21-20(22)12-16)19-4-3-11-24-19/h3-14H,1-2H3. The van der Waals surface area contributed by atoms with Gasteiger partial charge in [0.05, 0.1) is 22.9 Å². The van der Waals surface area contributed by atoms with Crippen LogP contribution in [0, 0.1) is 0 Å². The Morgan fingerprint density at radius 2 is 1.88 bits per heavy atom. The summed E-state index contributed by atoms with van der Waals surface area (Å²) >= 11 is 1.73. The minimum absolute atomic E-state index is 0.188. The molecule has 3 aromatic heterocycles. The van der Waals surface area contributed by atoms with E-state index in [1.165, 1.54) is 4.88 Å². The van der Waals surface area contributed by atoms with Crippen LogP contribution in [0.15, 0.2) is 66.3 Å². The van der Waals surface area contributed by atoms with Gasteiger partial charge in [0.1, 0.15) is 11.4 Å². The molecule has 4 rings (SSSR count). The van der Waals surface area contributed by atoms with Crippen molar-refractivity contribution in [2.45, 2.75) is 20.0 Å². The highest BCUT2D eigenvalue weighted by Gasteiger charge is 2.08. The molecule has 3 nitrogen and oxygen atoms in total. The third kappa shape index (κ3) is 2.81. The Morgan fingerprint density at radius 3 is 2.58 bits per heavy atom. The van der Waals surface area contributed by atoms with Gasteiger partial charge in [0.2, 0.25) is 0 Å². The first-order valence-electron chi connectivity index (χ1n) is 7.99. The van der Waals surface area contributed by atoms with Gasteiger partial charge in [-0.1, -0.05) is 18.2 Å². The van der Waals surface area contributed by atoms with Crippen molar-refractivity contribution in [3.05, 3.63) is 66.3 Å². The molecule has 0 fully saturated rings. The molecular weight excluding hydrogens is 316 g/mol. The van der Waals surface area contributed by atoms with E-state index < -0.39 is 0 Å². The first-order valence-corrected chi connectivity index (χ1v) is 8.87. The molecule has 0 aliphatic heterocycles. The maximum Gasteiger partial charge on any atom is 0.137 e. The molecule has 0 atom stereocenters. The number of ether oxygens (including phenoxy) is 1. The Bertz CT molecular complexity index is 953. The monoisotopic (exact) mass is 334 g/mol. The van der Waals surface area contributed by atoms with Gasteiger partial charge in [-0.3, -0.25) is 4.40 Å². The fourth-order valence-electron chi connectivity index (χ4n) is 2.76. The molecule has 3 heterocycles. The van der Waals surface area contributed by atoms with E-state index in [4.69, 9.17) is 4.74 Å². The third-order valence-electron chi connectivity index (χ3n) is 3.85. The zero-order valence-electron chi connectivity index (χ0n) is 13.6. The van der Waals surface area contributed by atoms with Gasteiger partial charge < -0.3 is 4.74 Å². The molecule has 0 amide bonds. The van der Waals surface area contributed by atoms with Crippen molar-refractivity contribution in [2.24, 2.45) is 0 Å². The lowest BCUT2D eigenvalue weighted by Gasteiger charge is -2.10. The normalized spacial score (nSPS) is 11.3. The number of aromatic nitrogens is 2. The second-order valence-electron chi connectivity index (χ2n) is 5.96. The molecular formula is C20H18N2OS. The Labute approximate surface area is 145 Å². The predicted molar refractivity (Wildman–Crippen MR) is 99.7 cm³/mol. The average Bonchev–Trinajstić information content (AvgIpc) is 3.23. The summed E-state index contributed by atoms with van der Waals surface area (Å²) in [7, 11) is 0. The molecule has 0 saturated heterocycles. The molecule has 0 saturated carbocycles. The maximum atomic E-state index is 5.70. The van der Waals surface area contributed by atoms with Gasteiger partial charge in [-0.25, -0.2) is 4.98 Å². The summed E-state index contributed by atoms with van der Waals surface area (Å²) < 4.78 is 7.84. The third-order valence-corrected chi connectivity index (χ3v) is 4.74. The summed E-state index contributed by atoms with van der Waals surface area (Å²) in [5.74, 6) is 0.899. The molecule has 0 aliphatic carbocycles. The maximum absolute atomic E-state index is 5.70. The second-order valence-corrected chi connectivity index (χ2v) is 6.90. The Hall–Kier alpha value is -2.59. The van der Waals surface area contributed by atoms with Crippen LogP contribution < -0.4 is 4.74 Å². The van der Waals surface area contributed by atoms with Crippen LogP contribution in [0.4, 0.5) is 0 Å². The van der Waals surface area contributed by atoms with Gasteiger partial charge in [-0.05, 0) is 60.7 Å². The molecule has 0 bridgehead atoms. The Balaban J connectivity index is 1.68. The van der Waals surface area contributed by atoms with E-state index in [0.717, 1.165) is 28.2 Å². The van der Waals surface area contributed by atoms with E-state index in [1.54, 1.807) is 11.3 Å². The lowest BCUT2D eigenvalue weighted by atomic mass is 10.1. The van der Waals surface area contributed by atoms with Gasteiger partial charge in [-0.15, -0.1) is 11.3 Å². The smallest absolute Gasteiger partial charge is 0.137 e. The van der Waals surface area contributed by atoms with E-state index >= 15 is 0 Å². The number of fused-ring (bicyclic) bond motifs is 1. The van der Waals surface area contributed by atoms with E-state index in [2.05, 4.69) is 57.4 Å². The predicted octanol–water partition coefficient (Wildman–Crippen LogP) is 5.52. The summed E-state index contributed by atoms with van der Waals surface area (Å²) in [6.07, 6.45) is 4.21. The number of hydrogen-bond donors (Lipinski definition) is 0. The van der Waals surface area contributed by atoms with Crippen LogP contribution in [-0.2, 0) is 0 Å². The lowest BCUT2D eigenvalue weighted by molar-refractivity contribution is 0.242. The van der Waals surface area contributed by atoms with E-state index in [1.807, 2.05) is 32.2 Å². The highest BCUT2D eigenvalue weighted by Crippen LogP contribution is 2.28. The van der Waals surface area contributed by atoms with Crippen molar-refractivity contribution in [1.82, 2.24) is 9.38 Å². The second kappa shape index (κ2) is 6.13. The molecule has 120 valence electrons. The summed E-state index contributed by atoms with van der Waals surface area (Å²) in [5, 5.41) is 2.09. The molecule has 0 unspecified atom stereocenters. The van der Waals surface area contributed by atoms with Gasteiger partial charge in [0.25, 0.3) is 0 Å². The number of benzene rings is 1. The Morgan fingerprint density at radius 1 is 1.04 bits per heavy atom. The number of thiophene rings is 1. The van der Waals surface area contributed by atoms with Crippen molar-refractivity contribution < 1.29 is 4.74 Å². The van der Waals surface area contributed by atoms with Crippen LogP contribution in [0.5, 0.6) is 5.75 Å². The van der Waals surface area contributed by atoms with Crippen LogP contribution in [0.25, 0.3) is 27.3 Å². The number of pyridine rings is 1. The zero-order chi connectivity index (χ0) is 16.5. The fourth-order valence-corrected chi connectivity index (χ4v) is 3.50. The summed E-state index contributed by atoms with van der Waals surface area (Å²) in [6.45, 7) is 4.07. The van der Waals surface area contributed by atoms with E-state index in [0.29, 0.717) is 0 Å². The van der Waals surface area contributed by atoms with Crippen molar-refractivity contribution in [3.8, 4) is 27.4 Å². The van der Waals surface area contributed by atoms with Crippen LogP contribution in [-0.4, -0.2) is 15.5 Å². The molecule has 1 aromatic carbocycles. The topological polar surface area (TPSA) is 26.5 Å². The Kier molecular flexibility index (Phi) is 3.82. The molecule has 4 heteroatoms. The molecule has 0 aliphatic rings. The number of hydrogen-bond acceptors (Lipinski definition) is 3. The summed E-state index contributed by atoms with van der Waals surface area (Å²) in [4.78, 5) is 5.79. The van der Waals surface area contributed by atoms with Crippen LogP contribution in [0.1, 0.15) is 13.8 Å². The molecule has 0 spiro atoms. The van der Waals surface area contributed by atoms with Gasteiger partial charge in [0.15, 0.2) is 0 Å². The minimum atomic E-state index is 0.188. The van der Waals surface area contributed by atoms with Crippen LogP contribution in [0.2, 0.25) is 0 Å². The average molecular weight is 334 g/mol. The largest absolute Gasteiger partial charge is 0.491 e. The lowest BCUT2D eigenvalue weighted by Crippen LogP contribution is -2.05. The molecule has 24 heavy (non-hydrogen) atoms. The zero-order valence-corrected chi connectivity index (χ0v) is 14.5. The van der Waals surface area contributed by atoms with Gasteiger partial charge in [0, 0.05) is 6.20 Å². The van der Waals surface area contributed by atoms with Crippen molar-refractivity contribution in [3.63, 3.8) is 0 Å². The summed E-state index contributed by atoms with van der Waals surface area (Å²) in [6, 6.07) is 16.6. The molecule has 0 N–H and O–H groups in total. The van der Waals surface area contributed by atoms with Gasteiger partial charge in [-0.2, -0.15) is 0 Å². The SMILES string of the molecule is CC(C)Oc1ccc(-c2ccn3c(-c4cccs4)cnc3c2)cc1. The highest BCUT2D eigenvalue weighted by atomic mass is 32.1. The van der Waals surface area contributed by atoms with Crippen molar-refractivity contribution >= 4 is 17.0 Å². The minimum Gasteiger partial charge on any atom is -0.491 e. The summed E-state index contributed by atoms with van der Waals surface area (Å²) in [5.41, 5.74) is 4.40. The number of rotatable bonds is 4. The fraction of sp³-hybridized carbons (Fsp3) is 0.150. The first-order chi connectivity index (χ1) is 11.7. The van der Waals surface area contributed by atoms with Crippen molar-refractivity contribution in [1.29, 1.82) is 0 Å². The molecule has 4 aromatic rings. The van der Waals surface area contributed by atoms with Crippen molar-refractivity contribution in [2.75, 3.05) is 0 Å². The molecule has 0 radical (unpaired) electrons.